The minimum atomic E-state index is -3.85. The summed E-state index contributed by atoms with van der Waals surface area (Å²) in [6, 6.07) is 21.8. The number of nitrogens with zero attached hydrogens (tertiary/aromatic N) is 2. The number of primary sulfonamides is 1. The van der Waals surface area contributed by atoms with Crippen LogP contribution in [0.25, 0.3) is 0 Å². The van der Waals surface area contributed by atoms with E-state index in [0.717, 1.165) is 5.56 Å². The SMILES string of the molecule is NS(=O)(=O)c1ccc(N2CC(O)(C(=O)Cc3ccccc3)N=C2c2ccc(Cl)cc2)cc1. The van der Waals surface area contributed by atoms with Crippen LogP contribution in [0.1, 0.15) is 11.1 Å². The molecule has 0 bridgehead atoms. The van der Waals surface area contributed by atoms with Gasteiger partial charge in [0.15, 0.2) is 5.78 Å². The minimum Gasteiger partial charge on any atom is -0.362 e. The second-order valence-corrected chi connectivity index (χ2v) is 9.47. The third-order valence-corrected chi connectivity index (χ3v) is 6.34. The van der Waals surface area contributed by atoms with Gasteiger partial charge < -0.3 is 10.0 Å². The van der Waals surface area contributed by atoms with Gasteiger partial charge in [-0.05, 0) is 54.1 Å². The summed E-state index contributed by atoms with van der Waals surface area (Å²) in [5.41, 5.74) is -0.00307. The van der Waals surface area contributed by atoms with E-state index in [0.29, 0.717) is 22.1 Å². The molecule has 7 nitrogen and oxygen atoms in total. The van der Waals surface area contributed by atoms with E-state index >= 15 is 0 Å². The summed E-state index contributed by atoms with van der Waals surface area (Å²) in [6.07, 6.45) is 0.0208. The van der Waals surface area contributed by atoms with Crippen LogP contribution < -0.4 is 10.0 Å². The van der Waals surface area contributed by atoms with Crippen LogP contribution in [0.2, 0.25) is 5.02 Å². The lowest BCUT2D eigenvalue weighted by Crippen LogP contribution is -2.43. The monoisotopic (exact) mass is 469 g/mol. The van der Waals surface area contributed by atoms with Crippen molar-refractivity contribution in [2.45, 2.75) is 17.0 Å². The Morgan fingerprint density at radius 1 is 1.03 bits per heavy atom. The first-order valence-corrected chi connectivity index (χ1v) is 11.6. The van der Waals surface area contributed by atoms with E-state index in [9.17, 15) is 18.3 Å². The maximum atomic E-state index is 13.0. The van der Waals surface area contributed by atoms with Crippen LogP contribution in [0, 0.1) is 0 Å². The normalized spacial score (nSPS) is 18.5. The average Bonchev–Trinajstić information content (AvgIpc) is 3.13. The number of β-amino-alcohol motifs (C(OH)–C–C–N with tert-alkyl or cyclic N) is 1. The van der Waals surface area contributed by atoms with Crippen molar-refractivity contribution in [1.82, 2.24) is 0 Å². The van der Waals surface area contributed by atoms with E-state index in [1.54, 1.807) is 41.3 Å². The van der Waals surface area contributed by atoms with Gasteiger partial charge in [-0.25, -0.2) is 18.5 Å². The van der Waals surface area contributed by atoms with Crippen molar-refractivity contribution in [3.8, 4) is 0 Å². The topological polar surface area (TPSA) is 113 Å². The van der Waals surface area contributed by atoms with Crippen LogP contribution in [0.4, 0.5) is 5.69 Å². The van der Waals surface area contributed by atoms with Crippen LogP contribution >= 0.6 is 11.6 Å². The van der Waals surface area contributed by atoms with Gasteiger partial charge in [0.1, 0.15) is 5.84 Å². The smallest absolute Gasteiger partial charge is 0.238 e. The van der Waals surface area contributed by atoms with Crippen LogP contribution in [0.3, 0.4) is 0 Å². The molecule has 1 unspecified atom stereocenters. The molecule has 3 aromatic carbocycles. The van der Waals surface area contributed by atoms with Crippen molar-refractivity contribution < 1.29 is 18.3 Å². The van der Waals surface area contributed by atoms with Gasteiger partial charge in [-0.2, -0.15) is 0 Å². The fourth-order valence-electron chi connectivity index (χ4n) is 3.49. The zero-order valence-corrected chi connectivity index (χ0v) is 18.4. The number of benzene rings is 3. The first-order chi connectivity index (χ1) is 15.2. The van der Waals surface area contributed by atoms with Crippen molar-refractivity contribution >= 4 is 38.9 Å². The molecule has 4 rings (SSSR count). The van der Waals surface area contributed by atoms with Crippen molar-refractivity contribution in [3.05, 3.63) is 95.0 Å². The Hall–Kier alpha value is -3.04. The fraction of sp³-hybridized carbons (Fsp3) is 0.130. The molecule has 0 aromatic heterocycles. The molecule has 3 aromatic rings. The summed E-state index contributed by atoms with van der Waals surface area (Å²) in [7, 11) is -3.85. The molecule has 1 heterocycles. The maximum absolute atomic E-state index is 13.0. The highest BCUT2D eigenvalue weighted by Crippen LogP contribution is 2.30. The first kappa shape index (κ1) is 22.2. The molecule has 9 heteroatoms. The number of amidine groups is 1. The maximum Gasteiger partial charge on any atom is 0.238 e. The second-order valence-electron chi connectivity index (χ2n) is 7.47. The number of aliphatic hydroxyl groups is 1. The molecule has 0 fully saturated rings. The molecular weight excluding hydrogens is 450 g/mol. The number of sulfonamides is 1. The predicted octanol–water partition coefficient (Wildman–Crippen LogP) is 2.75. The van der Waals surface area contributed by atoms with Crippen LogP contribution in [0.15, 0.2) is 88.8 Å². The van der Waals surface area contributed by atoms with Crippen LogP contribution in [0.5, 0.6) is 0 Å². The Labute approximate surface area is 190 Å². The van der Waals surface area contributed by atoms with E-state index < -0.39 is 21.5 Å². The number of ketones is 1. The van der Waals surface area contributed by atoms with E-state index in [1.807, 2.05) is 30.3 Å². The third-order valence-electron chi connectivity index (χ3n) is 5.16. The zero-order chi connectivity index (χ0) is 22.9. The predicted molar refractivity (Wildman–Crippen MR) is 123 cm³/mol. The van der Waals surface area contributed by atoms with E-state index in [2.05, 4.69) is 4.99 Å². The molecule has 0 radical (unpaired) electrons. The summed E-state index contributed by atoms with van der Waals surface area (Å²) in [5.74, 6) is -0.0762. The van der Waals surface area contributed by atoms with Gasteiger partial charge >= 0.3 is 0 Å². The summed E-state index contributed by atoms with van der Waals surface area (Å²) < 4.78 is 23.2. The standard InChI is InChI=1S/C23H20ClN3O4S/c24-18-8-6-17(7-9-18)22-26-23(29,21(28)14-16-4-2-1-3-5-16)15-27(22)19-10-12-20(13-11-19)32(25,30)31/h1-13,29H,14-15H2,(H2,25,30,31). The van der Waals surface area contributed by atoms with Gasteiger partial charge in [-0.15, -0.1) is 0 Å². The van der Waals surface area contributed by atoms with E-state index in [-0.39, 0.29) is 17.9 Å². The molecule has 1 aliphatic rings. The molecule has 32 heavy (non-hydrogen) atoms. The molecule has 0 amide bonds. The molecular formula is C23H20ClN3O4S. The lowest BCUT2D eigenvalue weighted by atomic mass is 10.0. The summed E-state index contributed by atoms with van der Waals surface area (Å²) >= 11 is 6.00. The summed E-state index contributed by atoms with van der Waals surface area (Å²) in [6.45, 7) is -0.120. The highest BCUT2D eigenvalue weighted by atomic mass is 35.5. The van der Waals surface area contributed by atoms with Gasteiger partial charge in [-0.1, -0.05) is 41.9 Å². The molecule has 1 aliphatic heterocycles. The number of Topliss-reactive ketones (excluding diaryl/α,β-unsaturated/α-hetero) is 1. The van der Waals surface area contributed by atoms with Crippen LogP contribution in [-0.2, 0) is 21.2 Å². The molecule has 0 saturated carbocycles. The molecule has 164 valence electrons. The van der Waals surface area contributed by atoms with E-state index in [4.69, 9.17) is 16.7 Å². The summed E-state index contributed by atoms with van der Waals surface area (Å²) in [4.78, 5) is 19.1. The number of rotatable bonds is 6. The third kappa shape index (κ3) is 4.58. The fourth-order valence-corrected chi connectivity index (χ4v) is 4.13. The van der Waals surface area contributed by atoms with Crippen molar-refractivity contribution in [3.63, 3.8) is 0 Å². The highest BCUT2D eigenvalue weighted by molar-refractivity contribution is 7.89. The number of aliphatic imine (C=N–C) groups is 1. The van der Waals surface area contributed by atoms with Gasteiger partial charge in [0.05, 0.1) is 11.4 Å². The number of hydrogen-bond donors (Lipinski definition) is 2. The van der Waals surface area contributed by atoms with Gasteiger partial charge in [0.2, 0.25) is 15.7 Å². The number of anilines is 1. The number of nitrogens with two attached hydrogens (primary N) is 1. The van der Waals surface area contributed by atoms with E-state index in [1.165, 1.54) is 12.1 Å². The quantitative estimate of drug-likeness (QED) is 0.576. The Morgan fingerprint density at radius 2 is 1.66 bits per heavy atom. The summed E-state index contributed by atoms with van der Waals surface area (Å²) in [5, 5.41) is 16.9. The number of carbonyl (C=O) groups excluding carboxylic acids is 1. The molecule has 0 saturated heterocycles. The molecule has 0 aliphatic carbocycles. The zero-order valence-electron chi connectivity index (χ0n) is 16.8. The Balaban J connectivity index is 1.71. The average molecular weight is 470 g/mol. The largest absolute Gasteiger partial charge is 0.362 e. The van der Waals surface area contributed by atoms with Crippen molar-refractivity contribution in [2.75, 3.05) is 11.4 Å². The van der Waals surface area contributed by atoms with Crippen LogP contribution in [-0.4, -0.2) is 37.4 Å². The molecule has 0 spiro atoms. The Bertz CT molecular complexity index is 1280. The van der Waals surface area contributed by atoms with Crippen molar-refractivity contribution in [2.24, 2.45) is 10.1 Å². The Morgan fingerprint density at radius 3 is 2.25 bits per heavy atom. The van der Waals surface area contributed by atoms with Crippen molar-refractivity contribution in [1.29, 1.82) is 0 Å². The van der Waals surface area contributed by atoms with Gasteiger partial charge in [0.25, 0.3) is 0 Å². The lowest BCUT2D eigenvalue weighted by Gasteiger charge is -2.24. The molecule has 1 atom stereocenters. The molecule has 3 N–H and O–H groups in total. The Kier molecular flexibility index (Phi) is 5.87. The minimum absolute atomic E-state index is 0.0208. The van der Waals surface area contributed by atoms with Gasteiger partial charge in [0, 0.05) is 22.7 Å². The van der Waals surface area contributed by atoms with Gasteiger partial charge in [-0.3, -0.25) is 4.79 Å². The lowest BCUT2D eigenvalue weighted by molar-refractivity contribution is -0.134. The highest BCUT2D eigenvalue weighted by Gasteiger charge is 2.44. The second kappa shape index (κ2) is 8.48. The number of halogens is 1. The number of carbonyl (C=O) groups is 1. The first-order valence-electron chi connectivity index (χ1n) is 9.71. The number of hydrogen-bond acceptors (Lipinski definition) is 6.